The average Bonchev–Trinajstić information content (AvgIpc) is 2.27. The molecule has 0 saturated heterocycles. The van der Waals surface area contributed by atoms with Crippen molar-refractivity contribution in [2.75, 3.05) is 0 Å². The molecule has 1 aromatic heterocycles. The summed E-state index contributed by atoms with van der Waals surface area (Å²) in [6.07, 6.45) is -3.87. The summed E-state index contributed by atoms with van der Waals surface area (Å²) in [4.78, 5) is 14.8. The number of nitrogens with zero attached hydrogens (tertiary/aromatic N) is 1. The molecule has 18 heavy (non-hydrogen) atoms. The Morgan fingerprint density at radius 1 is 1.39 bits per heavy atom. The first-order valence-corrected chi connectivity index (χ1v) is 5.22. The van der Waals surface area contributed by atoms with Crippen LogP contribution in [0.4, 0.5) is 13.2 Å². The van der Waals surface area contributed by atoms with E-state index in [0.717, 1.165) is 12.1 Å². The molecule has 0 aliphatic rings. The zero-order chi connectivity index (χ0) is 13.9. The molecule has 0 fully saturated rings. The van der Waals surface area contributed by atoms with E-state index in [2.05, 4.69) is 4.98 Å². The van der Waals surface area contributed by atoms with Crippen LogP contribution >= 0.6 is 0 Å². The van der Waals surface area contributed by atoms with Gasteiger partial charge in [0.05, 0.1) is 5.56 Å². The third-order valence-corrected chi connectivity index (χ3v) is 2.26. The fourth-order valence-electron chi connectivity index (χ4n) is 1.05. The number of esters is 1. The average molecular weight is 262 g/mol. The first-order valence-electron chi connectivity index (χ1n) is 5.22. The summed E-state index contributed by atoms with van der Waals surface area (Å²) in [5.41, 5.74) is 4.62. The van der Waals surface area contributed by atoms with Gasteiger partial charge < -0.3 is 10.5 Å². The minimum Gasteiger partial charge on any atom is -0.406 e. The first-order chi connectivity index (χ1) is 8.21. The third kappa shape index (κ3) is 3.69. The summed E-state index contributed by atoms with van der Waals surface area (Å²) < 4.78 is 41.5. The van der Waals surface area contributed by atoms with Crippen LogP contribution in [0.2, 0.25) is 0 Å². The molecule has 1 aromatic rings. The van der Waals surface area contributed by atoms with E-state index in [9.17, 15) is 18.0 Å². The van der Waals surface area contributed by atoms with Crippen molar-refractivity contribution in [1.82, 2.24) is 4.98 Å². The van der Waals surface area contributed by atoms with Gasteiger partial charge in [-0.15, -0.1) is 0 Å². The maximum Gasteiger partial charge on any atom is 0.417 e. The number of nitrogens with two attached hydrogens (primary N) is 1. The normalized spacial score (nSPS) is 13.5. The Hall–Kier alpha value is -1.63. The minimum absolute atomic E-state index is 0.132. The molecule has 0 spiro atoms. The van der Waals surface area contributed by atoms with Gasteiger partial charge in [-0.2, -0.15) is 13.2 Å². The highest BCUT2D eigenvalue weighted by Gasteiger charge is 2.31. The van der Waals surface area contributed by atoms with Crippen molar-refractivity contribution >= 4 is 5.97 Å². The quantitative estimate of drug-likeness (QED) is 0.846. The van der Waals surface area contributed by atoms with E-state index < -0.39 is 23.8 Å². The lowest BCUT2D eigenvalue weighted by Gasteiger charge is -2.13. The zero-order valence-electron chi connectivity index (χ0n) is 9.86. The number of pyridine rings is 1. The van der Waals surface area contributed by atoms with Crippen LogP contribution in [-0.4, -0.2) is 17.0 Å². The smallest absolute Gasteiger partial charge is 0.406 e. The van der Waals surface area contributed by atoms with Gasteiger partial charge in [-0.25, -0.2) is 9.78 Å². The van der Waals surface area contributed by atoms with Crippen LogP contribution in [0, 0.1) is 5.92 Å². The van der Waals surface area contributed by atoms with Gasteiger partial charge in [0.25, 0.3) is 0 Å². The van der Waals surface area contributed by atoms with Crippen molar-refractivity contribution in [2.24, 2.45) is 11.7 Å². The highest BCUT2D eigenvalue weighted by molar-refractivity contribution is 5.77. The predicted molar refractivity (Wildman–Crippen MR) is 57.7 cm³/mol. The number of carbonyl (C=O) groups excluding carboxylic acids is 1. The molecule has 0 amide bonds. The molecule has 1 atom stereocenters. The minimum atomic E-state index is -4.47. The van der Waals surface area contributed by atoms with Gasteiger partial charge in [-0.1, -0.05) is 13.8 Å². The molecular formula is C11H13F3N2O2. The first kappa shape index (κ1) is 14.4. The molecule has 0 radical (unpaired) electrons. The van der Waals surface area contributed by atoms with E-state index in [1.165, 1.54) is 0 Å². The highest BCUT2D eigenvalue weighted by atomic mass is 19.4. The Kier molecular flexibility index (Phi) is 4.28. The number of halogens is 3. The summed E-state index contributed by atoms with van der Waals surface area (Å²) in [5.74, 6) is -1.06. The van der Waals surface area contributed by atoms with Gasteiger partial charge in [-0.3, -0.25) is 0 Å². The molecule has 0 saturated carbocycles. The van der Waals surface area contributed by atoms with E-state index in [-0.39, 0.29) is 11.8 Å². The van der Waals surface area contributed by atoms with Gasteiger partial charge in [0, 0.05) is 12.3 Å². The van der Waals surface area contributed by atoms with Crippen molar-refractivity contribution in [3.05, 3.63) is 23.9 Å². The summed E-state index contributed by atoms with van der Waals surface area (Å²) in [7, 11) is 0. The SMILES string of the molecule is CC(C)C(N)C(=O)Oc1ccc(C(F)(F)F)cn1. The van der Waals surface area contributed by atoms with Crippen molar-refractivity contribution < 1.29 is 22.7 Å². The fourth-order valence-corrected chi connectivity index (χ4v) is 1.05. The second-order valence-corrected chi connectivity index (χ2v) is 4.07. The van der Waals surface area contributed by atoms with Gasteiger partial charge >= 0.3 is 12.1 Å². The van der Waals surface area contributed by atoms with Crippen molar-refractivity contribution in [3.63, 3.8) is 0 Å². The maximum atomic E-state index is 12.2. The van der Waals surface area contributed by atoms with Crippen molar-refractivity contribution in [3.8, 4) is 5.88 Å². The molecule has 1 unspecified atom stereocenters. The van der Waals surface area contributed by atoms with E-state index >= 15 is 0 Å². The monoisotopic (exact) mass is 262 g/mol. The molecule has 7 heteroatoms. The molecular weight excluding hydrogens is 249 g/mol. The Labute approximate surface area is 102 Å². The van der Waals surface area contributed by atoms with Crippen LogP contribution in [0.1, 0.15) is 19.4 Å². The van der Waals surface area contributed by atoms with Gasteiger partial charge in [0.1, 0.15) is 6.04 Å². The standard InChI is InChI=1S/C11H13F3N2O2/c1-6(2)9(15)10(17)18-8-4-3-7(5-16-8)11(12,13)14/h3-6,9H,15H2,1-2H3. The predicted octanol–water partition coefficient (Wildman–Crippen LogP) is 1.99. The second-order valence-electron chi connectivity index (χ2n) is 4.07. The summed E-state index contributed by atoms with van der Waals surface area (Å²) in [5, 5.41) is 0. The molecule has 0 aromatic carbocycles. The van der Waals surface area contributed by atoms with E-state index in [1.54, 1.807) is 13.8 Å². The molecule has 0 aliphatic heterocycles. The van der Waals surface area contributed by atoms with E-state index in [0.29, 0.717) is 6.20 Å². The topological polar surface area (TPSA) is 65.2 Å². The lowest BCUT2D eigenvalue weighted by molar-refractivity contribution is -0.137. The van der Waals surface area contributed by atoms with E-state index in [1.807, 2.05) is 0 Å². The van der Waals surface area contributed by atoms with Crippen LogP contribution in [0.3, 0.4) is 0 Å². The lowest BCUT2D eigenvalue weighted by atomic mass is 10.1. The second kappa shape index (κ2) is 5.34. The van der Waals surface area contributed by atoms with Crippen molar-refractivity contribution in [1.29, 1.82) is 0 Å². The van der Waals surface area contributed by atoms with Crippen LogP contribution < -0.4 is 10.5 Å². The molecule has 0 bridgehead atoms. The Morgan fingerprint density at radius 2 is 2.00 bits per heavy atom. The molecule has 1 rings (SSSR count). The maximum absolute atomic E-state index is 12.2. The number of hydrogen-bond acceptors (Lipinski definition) is 4. The third-order valence-electron chi connectivity index (χ3n) is 2.26. The molecule has 100 valence electrons. The van der Waals surface area contributed by atoms with E-state index in [4.69, 9.17) is 10.5 Å². The largest absolute Gasteiger partial charge is 0.417 e. The lowest BCUT2D eigenvalue weighted by Crippen LogP contribution is -2.38. The Balaban J connectivity index is 2.73. The van der Waals surface area contributed by atoms with Crippen LogP contribution in [0.15, 0.2) is 18.3 Å². The number of rotatable bonds is 3. The number of carbonyl (C=O) groups is 1. The van der Waals surface area contributed by atoms with Crippen molar-refractivity contribution in [2.45, 2.75) is 26.1 Å². The Bertz CT molecular complexity index is 415. The number of aromatic nitrogens is 1. The number of alkyl halides is 3. The molecule has 4 nitrogen and oxygen atoms in total. The molecule has 0 aliphatic carbocycles. The summed E-state index contributed by atoms with van der Waals surface area (Å²) in [6, 6.07) is 0.929. The van der Waals surface area contributed by atoms with Gasteiger partial charge in [0.15, 0.2) is 0 Å². The molecule has 2 N–H and O–H groups in total. The Morgan fingerprint density at radius 3 is 2.39 bits per heavy atom. The van der Waals surface area contributed by atoms with Crippen LogP contribution in [0.5, 0.6) is 5.88 Å². The number of hydrogen-bond donors (Lipinski definition) is 1. The van der Waals surface area contributed by atoms with Gasteiger partial charge in [-0.05, 0) is 12.0 Å². The fraction of sp³-hybridized carbons (Fsp3) is 0.455. The molecule has 1 heterocycles. The summed E-state index contributed by atoms with van der Waals surface area (Å²) in [6.45, 7) is 3.46. The van der Waals surface area contributed by atoms with Gasteiger partial charge in [0.2, 0.25) is 5.88 Å². The number of ether oxygens (including phenoxy) is 1. The zero-order valence-corrected chi connectivity index (χ0v) is 9.86. The van der Waals surface area contributed by atoms with Crippen LogP contribution in [-0.2, 0) is 11.0 Å². The highest BCUT2D eigenvalue weighted by Crippen LogP contribution is 2.29. The van der Waals surface area contributed by atoms with Crippen LogP contribution in [0.25, 0.3) is 0 Å². The summed E-state index contributed by atoms with van der Waals surface area (Å²) >= 11 is 0.